The van der Waals surface area contributed by atoms with Crippen LogP contribution in [0.4, 0.5) is 0 Å². The van der Waals surface area contributed by atoms with Crippen molar-refractivity contribution in [3.05, 3.63) is 35.7 Å². The van der Waals surface area contributed by atoms with Gasteiger partial charge < -0.3 is 0 Å². The average Bonchev–Trinajstić information content (AvgIpc) is 2.80. The Morgan fingerprint density at radius 1 is 1.41 bits per heavy atom. The molecule has 1 atom stereocenters. The minimum atomic E-state index is -3.32. The smallest absolute Gasteiger partial charge is 0.176 e. The maximum atomic E-state index is 11.5. The van der Waals surface area contributed by atoms with Gasteiger partial charge in [0.05, 0.1) is 10.5 Å². The van der Waals surface area contributed by atoms with E-state index in [0.717, 1.165) is 24.7 Å². The van der Waals surface area contributed by atoms with Crippen LogP contribution in [0.3, 0.4) is 0 Å². The minimum absolute atomic E-state index is 0.127. The highest BCUT2D eigenvalue weighted by atomic mass is 32.2. The van der Waals surface area contributed by atoms with Crippen LogP contribution in [0, 0.1) is 17.8 Å². The summed E-state index contributed by atoms with van der Waals surface area (Å²) in [7, 11) is -3.32. The maximum Gasteiger partial charge on any atom is 0.176 e. The van der Waals surface area contributed by atoms with Crippen molar-refractivity contribution in [1.29, 1.82) is 5.26 Å². The van der Waals surface area contributed by atoms with E-state index < -0.39 is 9.84 Å². The number of hydrogen-bond donors (Lipinski definition) is 0. The van der Waals surface area contributed by atoms with Gasteiger partial charge in [0, 0.05) is 6.26 Å². The normalized spacial score (nSPS) is 16.9. The third-order valence-corrected chi connectivity index (χ3v) is 4.28. The molecule has 0 amide bonds. The van der Waals surface area contributed by atoms with E-state index in [1.54, 1.807) is 12.1 Å². The van der Waals surface area contributed by atoms with E-state index in [9.17, 15) is 8.42 Å². The van der Waals surface area contributed by atoms with Crippen molar-refractivity contribution < 1.29 is 8.42 Å². The number of benzene rings is 1. The van der Waals surface area contributed by atoms with Gasteiger partial charge in [-0.15, -0.1) is 0 Å². The van der Waals surface area contributed by atoms with Gasteiger partial charge >= 0.3 is 0 Å². The highest BCUT2D eigenvalue weighted by Crippen LogP contribution is 2.34. The van der Waals surface area contributed by atoms with Gasteiger partial charge in [0.2, 0.25) is 0 Å². The number of rotatable bonds is 2. The Bertz CT molecular complexity index is 564. The van der Waals surface area contributed by atoms with E-state index in [4.69, 9.17) is 5.26 Å². The predicted octanol–water partition coefficient (Wildman–Crippen LogP) is 2.43. The molecule has 1 fully saturated rings. The largest absolute Gasteiger partial charge is 0.224 e. The summed E-state index contributed by atoms with van der Waals surface area (Å²) in [4.78, 5) is 0.127. The van der Waals surface area contributed by atoms with E-state index in [0.29, 0.717) is 5.92 Å². The SMILES string of the molecule is CS(=O)(=O)c1ccc(C2[CH]CCC2)cc1C#N. The lowest BCUT2D eigenvalue weighted by Gasteiger charge is -2.11. The molecule has 17 heavy (non-hydrogen) atoms. The van der Waals surface area contributed by atoms with E-state index in [2.05, 4.69) is 6.42 Å². The van der Waals surface area contributed by atoms with E-state index in [1.807, 2.05) is 12.1 Å². The third kappa shape index (κ3) is 2.50. The number of nitriles is 1. The summed E-state index contributed by atoms with van der Waals surface area (Å²) in [5.41, 5.74) is 1.30. The first-order valence-electron chi connectivity index (χ1n) is 5.60. The fraction of sp³-hybridized carbons (Fsp3) is 0.385. The molecule has 0 aliphatic heterocycles. The Kier molecular flexibility index (Phi) is 3.21. The Hall–Kier alpha value is -1.34. The summed E-state index contributed by atoms with van der Waals surface area (Å²) in [5, 5.41) is 9.02. The second-order valence-corrected chi connectivity index (χ2v) is 6.40. The lowest BCUT2D eigenvalue weighted by molar-refractivity contribution is 0.601. The molecule has 1 radical (unpaired) electrons. The first-order valence-corrected chi connectivity index (χ1v) is 7.49. The molecule has 1 aromatic rings. The van der Waals surface area contributed by atoms with Gasteiger partial charge in [-0.25, -0.2) is 8.42 Å². The highest BCUT2D eigenvalue weighted by Gasteiger charge is 2.20. The van der Waals surface area contributed by atoms with Crippen LogP contribution in [0.2, 0.25) is 0 Å². The van der Waals surface area contributed by atoms with Gasteiger partial charge in [0.1, 0.15) is 6.07 Å². The lowest BCUT2D eigenvalue weighted by atomic mass is 9.96. The molecule has 1 unspecified atom stereocenters. The Balaban J connectivity index is 2.45. The molecule has 1 aromatic carbocycles. The van der Waals surface area contributed by atoms with Crippen molar-refractivity contribution in [1.82, 2.24) is 0 Å². The second kappa shape index (κ2) is 4.50. The quantitative estimate of drug-likeness (QED) is 0.807. The van der Waals surface area contributed by atoms with Crippen molar-refractivity contribution >= 4 is 9.84 Å². The van der Waals surface area contributed by atoms with Gasteiger partial charge in [-0.3, -0.25) is 0 Å². The molecule has 89 valence electrons. The van der Waals surface area contributed by atoms with Gasteiger partial charge in [0.25, 0.3) is 0 Å². The van der Waals surface area contributed by atoms with Crippen LogP contribution in [0.1, 0.15) is 36.3 Å². The lowest BCUT2D eigenvalue weighted by Crippen LogP contribution is -2.02. The molecule has 3 nitrogen and oxygen atoms in total. The minimum Gasteiger partial charge on any atom is -0.224 e. The molecule has 1 aliphatic carbocycles. The van der Waals surface area contributed by atoms with Crippen molar-refractivity contribution in [2.24, 2.45) is 0 Å². The van der Waals surface area contributed by atoms with Crippen molar-refractivity contribution in [3.63, 3.8) is 0 Å². The molecular formula is C13H14NO2S. The molecule has 2 rings (SSSR count). The molecule has 0 heterocycles. The monoisotopic (exact) mass is 248 g/mol. The number of hydrogen-bond acceptors (Lipinski definition) is 3. The molecule has 4 heteroatoms. The van der Waals surface area contributed by atoms with Crippen molar-refractivity contribution in [3.8, 4) is 6.07 Å². The van der Waals surface area contributed by atoms with Gasteiger partial charge in [0.15, 0.2) is 9.84 Å². The van der Waals surface area contributed by atoms with Crippen LogP contribution in [0.15, 0.2) is 23.1 Å². The van der Waals surface area contributed by atoms with Crippen LogP contribution in [0.5, 0.6) is 0 Å². The third-order valence-electron chi connectivity index (χ3n) is 3.12. The molecule has 0 spiro atoms. The zero-order chi connectivity index (χ0) is 12.5. The summed E-state index contributed by atoms with van der Waals surface area (Å²) >= 11 is 0. The molecular weight excluding hydrogens is 234 g/mol. The zero-order valence-corrected chi connectivity index (χ0v) is 10.5. The first-order chi connectivity index (χ1) is 8.02. The van der Waals surface area contributed by atoms with Gasteiger partial charge in [-0.2, -0.15) is 5.26 Å². The Labute approximate surface area is 102 Å². The summed E-state index contributed by atoms with van der Waals surface area (Å²) < 4.78 is 23.0. The fourth-order valence-corrected chi connectivity index (χ4v) is 3.09. The Morgan fingerprint density at radius 2 is 2.18 bits per heavy atom. The molecule has 0 saturated heterocycles. The average molecular weight is 248 g/mol. The number of nitrogens with zero attached hydrogens (tertiary/aromatic N) is 1. The van der Waals surface area contributed by atoms with Crippen LogP contribution in [-0.2, 0) is 9.84 Å². The van der Waals surface area contributed by atoms with Crippen LogP contribution in [0.25, 0.3) is 0 Å². The van der Waals surface area contributed by atoms with Crippen molar-refractivity contribution in [2.75, 3.05) is 6.26 Å². The van der Waals surface area contributed by atoms with E-state index in [1.165, 1.54) is 6.42 Å². The fourth-order valence-electron chi connectivity index (χ4n) is 2.27. The molecule has 1 saturated carbocycles. The van der Waals surface area contributed by atoms with Crippen LogP contribution >= 0.6 is 0 Å². The standard InChI is InChI=1S/C13H14NO2S/c1-17(15,16)13-7-6-11(8-12(13)9-14)10-4-2-3-5-10/h4,6-8,10H,2-3,5H2,1H3. The zero-order valence-electron chi connectivity index (χ0n) is 9.68. The molecule has 0 N–H and O–H groups in total. The Morgan fingerprint density at radius 3 is 2.71 bits per heavy atom. The molecule has 0 bridgehead atoms. The van der Waals surface area contributed by atoms with Crippen LogP contribution < -0.4 is 0 Å². The summed E-state index contributed by atoms with van der Waals surface area (Å²) in [5.74, 6) is 0.371. The first kappa shape index (κ1) is 12.1. The van der Waals surface area contributed by atoms with E-state index >= 15 is 0 Å². The second-order valence-electron chi connectivity index (χ2n) is 4.41. The maximum absolute atomic E-state index is 11.5. The number of sulfone groups is 1. The molecule has 0 aromatic heterocycles. The summed E-state index contributed by atoms with van der Waals surface area (Å²) in [6.45, 7) is 0. The summed E-state index contributed by atoms with van der Waals surface area (Å²) in [6.07, 6.45) is 6.71. The van der Waals surface area contributed by atoms with Gasteiger partial charge in [-0.1, -0.05) is 12.5 Å². The molecule has 1 aliphatic rings. The predicted molar refractivity (Wildman–Crippen MR) is 65.2 cm³/mol. The van der Waals surface area contributed by atoms with Gasteiger partial charge in [-0.05, 0) is 42.9 Å². The topological polar surface area (TPSA) is 57.9 Å². The van der Waals surface area contributed by atoms with Crippen LogP contribution in [-0.4, -0.2) is 14.7 Å². The van der Waals surface area contributed by atoms with Crippen molar-refractivity contribution in [2.45, 2.75) is 30.1 Å². The van der Waals surface area contributed by atoms with E-state index in [-0.39, 0.29) is 10.5 Å². The highest BCUT2D eigenvalue weighted by molar-refractivity contribution is 7.90. The summed E-state index contributed by atoms with van der Waals surface area (Å²) in [6, 6.07) is 7.06.